The molecule has 74 valence electrons. The molecule has 2 nitrogen and oxygen atoms in total. The molecule has 0 fully saturated rings. The predicted molar refractivity (Wildman–Crippen MR) is 53.4 cm³/mol. The highest BCUT2D eigenvalue weighted by molar-refractivity contribution is 4.73. The molecule has 0 saturated heterocycles. The van der Waals surface area contributed by atoms with Crippen LogP contribution in [0.4, 0.5) is 0 Å². The number of hydrogen-bond donors (Lipinski definition) is 0. The van der Waals surface area contributed by atoms with E-state index in [0.717, 1.165) is 13.2 Å². The van der Waals surface area contributed by atoms with Crippen molar-refractivity contribution in [2.75, 3.05) is 27.3 Å². The Kier molecular flexibility index (Phi) is 4.80. The van der Waals surface area contributed by atoms with Crippen molar-refractivity contribution >= 4 is 0 Å². The zero-order chi connectivity index (χ0) is 9.78. The third kappa shape index (κ3) is 4.73. The Labute approximate surface area is 76.9 Å². The van der Waals surface area contributed by atoms with Gasteiger partial charge in [0.2, 0.25) is 0 Å². The molecule has 2 heteroatoms. The maximum absolute atomic E-state index is 5.16. The normalized spacial score (nSPS) is 13.0. The molecule has 0 amide bonds. The molecular weight excluding hydrogens is 150 g/mol. The van der Waals surface area contributed by atoms with Crippen LogP contribution in [-0.2, 0) is 4.74 Å². The Balaban J connectivity index is 3.87. The zero-order valence-electron chi connectivity index (χ0n) is 9.35. The summed E-state index contributed by atoms with van der Waals surface area (Å²) in [6.07, 6.45) is 0. The molecule has 0 atom stereocenters. The van der Waals surface area contributed by atoms with E-state index in [9.17, 15) is 0 Å². The lowest BCUT2D eigenvalue weighted by molar-refractivity contribution is 0.0693. The molecule has 0 aliphatic heterocycles. The summed E-state index contributed by atoms with van der Waals surface area (Å²) in [5, 5.41) is 0. The molecule has 0 saturated carbocycles. The fraction of sp³-hybridized carbons (Fsp3) is 1.00. The smallest absolute Gasteiger partial charge is 0.0525 e. The van der Waals surface area contributed by atoms with Crippen molar-refractivity contribution in [3.63, 3.8) is 0 Å². The quantitative estimate of drug-likeness (QED) is 0.630. The third-order valence-corrected chi connectivity index (χ3v) is 2.09. The summed E-state index contributed by atoms with van der Waals surface area (Å²) in [6, 6.07) is 0.612. The van der Waals surface area contributed by atoms with Gasteiger partial charge in [-0.2, -0.15) is 0 Å². The maximum atomic E-state index is 5.16. The first-order valence-corrected chi connectivity index (χ1v) is 4.58. The van der Waals surface area contributed by atoms with E-state index in [1.54, 1.807) is 7.11 Å². The molecule has 0 aromatic rings. The van der Waals surface area contributed by atoms with Gasteiger partial charge < -0.3 is 9.64 Å². The first-order chi connectivity index (χ1) is 5.39. The van der Waals surface area contributed by atoms with Gasteiger partial charge in [0, 0.05) is 25.1 Å². The van der Waals surface area contributed by atoms with Crippen LogP contribution in [0.3, 0.4) is 0 Å². The minimum atomic E-state index is 0.258. The minimum Gasteiger partial charge on any atom is -0.384 e. The van der Waals surface area contributed by atoms with E-state index in [2.05, 4.69) is 39.6 Å². The van der Waals surface area contributed by atoms with Crippen molar-refractivity contribution in [2.24, 2.45) is 5.41 Å². The lowest BCUT2D eigenvalue weighted by Crippen LogP contribution is -2.38. The lowest BCUT2D eigenvalue weighted by Gasteiger charge is -2.31. The molecule has 0 rings (SSSR count). The minimum absolute atomic E-state index is 0.258. The number of ether oxygens (including phenoxy) is 1. The summed E-state index contributed by atoms with van der Waals surface area (Å²) in [7, 11) is 3.92. The summed E-state index contributed by atoms with van der Waals surface area (Å²) in [5.74, 6) is 0. The summed E-state index contributed by atoms with van der Waals surface area (Å²) in [5.41, 5.74) is 0.258. The predicted octanol–water partition coefficient (Wildman–Crippen LogP) is 2.00. The Hall–Kier alpha value is -0.0800. The average molecular weight is 173 g/mol. The molecule has 0 N–H and O–H groups in total. The van der Waals surface area contributed by atoms with Crippen molar-refractivity contribution in [2.45, 2.75) is 33.7 Å². The second-order valence-corrected chi connectivity index (χ2v) is 4.61. The van der Waals surface area contributed by atoms with Crippen LogP contribution >= 0.6 is 0 Å². The average Bonchev–Trinajstić information content (AvgIpc) is 1.85. The van der Waals surface area contributed by atoms with Crippen LogP contribution < -0.4 is 0 Å². The molecule has 0 aromatic carbocycles. The van der Waals surface area contributed by atoms with Crippen LogP contribution in [0.1, 0.15) is 27.7 Å². The van der Waals surface area contributed by atoms with E-state index < -0.39 is 0 Å². The van der Waals surface area contributed by atoms with Gasteiger partial charge in [0.1, 0.15) is 0 Å². The highest BCUT2D eigenvalue weighted by Gasteiger charge is 2.20. The van der Waals surface area contributed by atoms with Crippen LogP contribution in [0, 0.1) is 5.41 Å². The number of rotatable bonds is 5. The third-order valence-electron chi connectivity index (χ3n) is 2.09. The van der Waals surface area contributed by atoms with Gasteiger partial charge in [-0.25, -0.2) is 0 Å². The lowest BCUT2D eigenvalue weighted by atomic mass is 9.94. The number of hydrogen-bond acceptors (Lipinski definition) is 2. The molecule has 0 radical (unpaired) electrons. The fourth-order valence-corrected chi connectivity index (χ4v) is 1.29. The van der Waals surface area contributed by atoms with Gasteiger partial charge in [0.15, 0.2) is 0 Å². The molecule has 0 aromatic heterocycles. The summed E-state index contributed by atoms with van der Waals surface area (Å²) in [4.78, 5) is 2.35. The Morgan fingerprint density at radius 3 is 2.17 bits per heavy atom. The van der Waals surface area contributed by atoms with E-state index in [0.29, 0.717) is 6.04 Å². The summed E-state index contributed by atoms with van der Waals surface area (Å²) < 4.78 is 5.16. The van der Waals surface area contributed by atoms with Crippen molar-refractivity contribution in [3.05, 3.63) is 0 Å². The molecule has 0 spiro atoms. The van der Waals surface area contributed by atoms with Gasteiger partial charge in [-0.3, -0.25) is 0 Å². The molecule has 0 unspecified atom stereocenters. The van der Waals surface area contributed by atoms with Crippen molar-refractivity contribution < 1.29 is 4.74 Å². The monoisotopic (exact) mass is 173 g/mol. The Morgan fingerprint density at radius 2 is 1.83 bits per heavy atom. The molecule has 0 aliphatic rings. The van der Waals surface area contributed by atoms with Crippen LogP contribution in [0.2, 0.25) is 0 Å². The standard InChI is InChI=1S/C10H23NO/c1-9(2)11(5)7-10(3,4)8-12-6/h9H,7-8H2,1-6H3. The van der Waals surface area contributed by atoms with Gasteiger partial charge in [-0.1, -0.05) is 13.8 Å². The van der Waals surface area contributed by atoms with Gasteiger partial charge in [-0.05, 0) is 20.9 Å². The highest BCUT2D eigenvalue weighted by Crippen LogP contribution is 2.17. The maximum Gasteiger partial charge on any atom is 0.0525 e. The van der Waals surface area contributed by atoms with Crippen LogP contribution in [0.25, 0.3) is 0 Å². The van der Waals surface area contributed by atoms with Gasteiger partial charge in [0.05, 0.1) is 6.61 Å². The van der Waals surface area contributed by atoms with E-state index >= 15 is 0 Å². The Bertz CT molecular complexity index is 121. The molecule has 12 heavy (non-hydrogen) atoms. The Morgan fingerprint density at radius 1 is 1.33 bits per heavy atom. The molecule has 0 heterocycles. The largest absolute Gasteiger partial charge is 0.384 e. The van der Waals surface area contributed by atoms with E-state index in [1.807, 2.05) is 0 Å². The second kappa shape index (κ2) is 4.83. The number of methoxy groups -OCH3 is 1. The van der Waals surface area contributed by atoms with Crippen molar-refractivity contribution in [3.8, 4) is 0 Å². The second-order valence-electron chi connectivity index (χ2n) is 4.61. The van der Waals surface area contributed by atoms with E-state index in [4.69, 9.17) is 4.74 Å². The zero-order valence-corrected chi connectivity index (χ0v) is 9.35. The summed E-state index contributed by atoms with van der Waals surface area (Å²) in [6.45, 7) is 10.8. The van der Waals surface area contributed by atoms with Crippen molar-refractivity contribution in [1.82, 2.24) is 4.90 Å². The van der Waals surface area contributed by atoms with Crippen LogP contribution in [0.5, 0.6) is 0 Å². The molecular formula is C10H23NO. The van der Waals surface area contributed by atoms with Gasteiger partial charge >= 0.3 is 0 Å². The fourth-order valence-electron chi connectivity index (χ4n) is 1.29. The van der Waals surface area contributed by atoms with E-state index in [1.165, 1.54) is 0 Å². The SMILES string of the molecule is COCC(C)(C)CN(C)C(C)C. The highest BCUT2D eigenvalue weighted by atomic mass is 16.5. The molecule has 0 aliphatic carbocycles. The van der Waals surface area contributed by atoms with E-state index in [-0.39, 0.29) is 5.41 Å². The first-order valence-electron chi connectivity index (χ1n) is 4.58. The summed E-state index contributed by atoms with van der Waals surface area (Å²) >= 11 is 0. The first kappa shape index (κ1) is 11.9. The van der Waals surface area contributed by atoms with Gasteiger partial charge in [0.25, 0.3) is 0 Å². The van der Waals surface area contributed by atoms with Crippen LogP contribution in [-0.4, -0.2) is 38.3 Å². The van der Waals surface area contributed by atoms with Crippen LogP contribution in [0.15, 0.2) is 0 Å². The van der Waals surface area contributed by atoms with Crippen molar-refractivity contribution in [1.29, 1.82) is 0 Å². The molecule has 0 bridgehead atoms. The number of nitrogens with zero attached hydrogens (tertiary/aromatic N) is 1. The topological polar surface area (TPSA) is 12.5 Å². The van der Waals surface area contributed by atoms with Gasteiger partial charge in [-0.15, -0.1) is 0 Å².